The van der Waals surface area contributed by atoms with Crippen molar-refractivity contribution in [1.29, 1.82) is 0 Å². The largest absolute Gasteiger partial charge is 0.430 e. The second-order valence-electron chi connectivity index (χ2n) is 8.76. The molecule has 1 heterocycles. The molecule has 0 aromatic rings. The molecule has 0 aromatic carbocycles. The number of esters is 1. The second kappa shape index (κ2) is 15.2. The Bertz CT molecular complexity index is 392. The fraction of sp³-hybridized carbons (Fsp3) is 0.957. The van der Waals surface area contributed by atoms with E-state index in [0.717, 1.165) is 25.2 Å². The lowest BCUT2D eigenvalue weighted by Gasteiger charge is -2.43. The molecule has 2 N–H and O–H groups in total. The molecule has 28 heavy (non-hydrogen) atoms. The first-order valence-corrected chi connectivity index (χ1v) is 11.6. The number of carbonyl (C=O) groups excluding carboxylic acids is 1. The smallest absolute Gasteiger partial charge is 0.308 e. The summed E-state index contributed by atoms with van der Waals surface area (Å²) in [6, 6.07) is 0. The number of hydrogen-bond donors (Lipinski definition) is 2. The van der Waals surface area contributed by atoms with E-state index < -0.39 is 18.5 Å². The molecule has 0 radical (unpaired) electrons. The molecule has 0 spiro atoms. The van der Waals surface area contributed by atoms with E-state index in [1.807, 2.05) is 0 Å². The molecule has 1 rings (SSSR count). The zero-order chi connectivity index (χ0) is 20.7. The van der Waals surface area contributed by atoms with Crippen LogP contribution in [0.1, 0.15) is 110 Å². The van der Waals surface area contributed by atoms with Crippen LogP contribution in [0.5, 0.6) is 0 Å². The van der Waals surface area contributed by atoms with Gasteiger partial charge in [0.1, 0.15) is 6.10 Å². The standard InChI is InChI=1S/C23H44O5/c1-20(2)15-13-11-9-7-5-3-4-6-8-10-12-14-16-22(26)28-23(17-18-27-23)21(25)19-24/h20-21,24-25H,3-19H2,1-2H3. The monoisotopic (exact) mass is 400 g/mol. The fourth-order valence-corrected chi connectivity index (χ4v) is 3.69. The molecule has 2 atom stereocenters. The van der Waals surface area contributed by atoms with Gasteiger partial charge in [-0.2, -0.15) is 0 Å². The SMILES string of the molecule is CC(C)CCCCCCCCCCCCCCC(=O)OC1(C(O)CO)CCO1. The van der Waals surface area contributed by atoms with E-state index in [4.69, 9.17) is 14.6 Å². The number of hydrogen-bond acceptors (Lipinski definition) is 5. The summed E-state index contributed by atoms with van der Waals surface area (Å²) in [6.45, 7) is 4.58. The Morgan fingerprint density at radius 1 is 0.929 bits per heavy atom. The number of aliphatic hydroxyl groups excluding tert-OH is 2. The van der Waals surface area contributed by atoms with Gasteiger partial charge in [-0.15, -0.1) is 0 Å². The average molecular weight is 401 g/mol. The minimum Gasteiger partial charge on any atom is -0.430 e. The Hall–Kier alpha value is -0.650. The molecular weight excluding hydrogens is 356 g/mol. The maximum atomic E-state index is 11.9. The van der Waals surface area contributed by atoms with E-state index in [1.54, 1.807) is 0 Å². The number of carbonyl (C=O) groups is 1. The summed E-state index contributed by atoms with van der Waals surface area (Å²) in [6.07, 6.45) is 16.1. The third-order valence-corrected chi connectivity index (χ3v) is 5.68. The van der Waals surface area contributed by atoms with Crippen LogP contribution < -0.4 is 0 Å². The molecule has 0 aromatic heterocycles. The predicted molar refractivity (Wildman–Crippen MR) is 112 cm³/mol. The van der Waals surface area contributed by atoms with Gasteiger partial charge in [-0.3, -0.25) is 4.79 Å². The summed E-state index contributed by atoms with van der Waals surface area (Å²) < 4.78 is 10.5. The van der Waals surface area contributed by atoms with Gasteiger partial charge < -0.3 is 19.7 Å². The Morgan fingerprint density at radius 3 is 1.79 bits per heavy atom. The summed E-state index contributed by atoms with van der Waals surface area (Å²) in [5.74, 6) is -0.806. The van der Waals surface area contributed by atoms with E-state index in [2.05, 4.69) is 13.8 Å². The number of unbranched alkanes of at least 4 members (excludes halogenated alkanes) is 11. The zero-order valence-electron chi connectivity index (χ0n) is 18.3. The van der Waals surface area contributed by atoms with Crippen molar-refractivity contribution in [3.63, 3.8) is 0 Å². The molecule has 2 unspecified atom stereocenters. The summed E-state index contributed by atoms with van der Waals surface area (Å²) in [4.78, 5) is 11.9. The predicted octanol–water partition coefficient (Wildman–Crippen LogP) is 5.12. The summed E-state index contributed by atoms with van der Waals surface area (Å²) in [5.41, 5.74) is 0. The molecule has 1 saturated heterocycles. The number of rotatable bonds is 18. The Morgan fingerprint density at radius 2 is 1.39 bits per heavy atom. The molecule has 1 fully saturated rings. The van der Waals surface area contributed by atoms with Gasteiger partial charge in [-0.1, -0.05) is 90.9 Å². The van der Waals surface area contributed by atoms with E-state index in [0.29, 0.717) is 19.4 Å². The van der Waals surface area contributed by atoms with Gasteiger partial charge in [-0.25, -0.2) is 0 Å². The van der Waals surface area contributed by atoms with Gasteiger partial charge in [0.15, 0.2) is 0 Å². The highest BCUT2D eigenvalue weighted by molar-refractivity contribution is 5.69. The van der Waals surface area contributed by atoms with Gasteiger partial charge in [0.25, 0.3) is 0 Å². The highest BCUT2D eigenvalue weighted by Crippen LogP contribution is 2.32. The maximum absolute atomic E-state index is 11.9. The van der Waals surface area contributed by atoms with Crippen LogP contribution in [0.4, 0.5) is 0 Å². The van der Waals surface area contributed by atoms with Crippen LogP contribution in [-0.2, 0) is 14.3 Å². The van der Waals surface area contributed by atoms with Crippen molar-refractivity contribution in [2.45, 2.75) is 122 Å². The normalized spacial score (nSPS) is 20.2. The van der Waals surface area contributed by atoms with Crippen LogP contribution in [0.2, 0.25) is 0 Å². The summed E-state index contributed by atoms with van der Waals surface area (Å²) >= 11 is 0. The van der Waals surface area contributed by atoms with Crippen LogP contribution in [0, 0.1) is 5.92 Å². The number of ether oxygens (including phenoxy) is 2. The quantitative estimate of drug-likeness (QED) is 0.247. The third-order valence-electron chi connectivity index (χ3n) is 5.68. The van der Waals surface area contributed by atoms with Crippen molar-refractivity contribution >= 4 is 5.97 Å². The molecule has 5 heteroatoms. The first kappa shape index (κ1) is 25.4. The number of aliphatic hydroxyl groups is 2. The minimum absolute atomic E-state index is 0.347. The van der Waals surface area contributed by atoms with E-state index in [1.165, 1.54) is 64.2 Å². The molecule has 166 valence electrons. The fourth-order valence-electron chi connectivity index (χ4n) is 3.69. The molecule has 0 aliphatic carbocycles. The van der Waals surface area contributed by atoms with Gasteiger partial charge in [0.05, 0.1) is 13.2 Å². The van der Waals surface area contributed by atoms with Crippen molar-refractivity contribution in [2.24, 2.45) is 5.92 Å². The highest BCUT2D eigenvalue weighted by atomic mass is 16.7. The van der Waals surface area contributed by atoms with Gasteiger partial charge >= 0.3 is 5.97 Å². The van der Waals surface area contributed by atoms with Crippen LogP contribution in [-0.4, -0.2) is 41.3 Å². The van der Waals surface area contributed by atoms with Crippen LogP contribution in [0.15, 0.2) is 0 Å². The van der Waals surface area contributed by atoms with Crippen molar-refractivity contribution in [3.05, 3.63) is 0 Å². The lowest BCUT2D eigenvalue weighted by molar-refractivity contribution is -0.333. The molecular formula is C23H44O5. The van der Waals surface area contributed by atoms with Crippen molar-refractivity contribution in [1.82, 2.24) is 0 Å². The Labute approximate surface area is 172 Å². The van der Waals surface area contributed by atoms with Crippen molar-refractivity contribution in [2.75, 3.05) is 13.2 Å². The van der Waals surface area contributed by atoms with E-state index in [-0.39, 0.29) is 5.97 Å². The minimum atomic E-state index is -1.31. The van der Waals surface area contributed by atoms with Crippen LogP contribution in [0.25, 0.3) is 0 Å². The summed E-state index contributed by atoms with van der Waals surface area (Å²) in [7, 11) is 0. The molecule has 0 amide bonds. The zero-order valence-corrected chi connectivity index (χ0v) is 18.3. The average Bonchev–Trinajstić information content (AvgIpc) is 2.64. The first-order valence-electron chi connectivity index (χ1n) is 11.6. The van der Waals surface area contributed by atoms with E-state index in [9.17, 15) is 9.90 Å². The lowest BCUT2D eigenvalue weighted by Crippen LogP contribution is -2.57. The highest BCUT2D eigenvalue weighted by Gasteiger charge is 2.48. The Kier molecular flexibility index (Phi) is 13.8. The Balaban J connectivity index is 1.86. The first-order chi connectivity index (χ1) is 13.5. The molecule has 1 aliphatic rings. The van der Waals surface area contributed by atoms with Crippen molar-refractivity contribution < 1.29 is 24.5 Å². The molecule has 0 saturated carbocycles. The van der Waals surface area contributed by atoms with Crippen LogP contribution >= 0.6 is 0 Å². The third kappa shape index (κ3) is 10.8. The van der Waals surface area contributed by atoms with Gasteiger partial charge in [-0.05, 0) is 12.3 Å². The topological polar surface area (TPSA) is 76.0 Å². The molecule has 5 nitrogen and oxygen atoms in total. The second-order valence-corrected chi connectivity index (χ2v) is 8.76. The lowest BCUT2D eigenvalue weighted by atomic mass is 10.0. The molecule has 0 bridgehead atoms. The summed E-state index contributed by atoms with van der Waals surface area (Å²) in [5, 5.41) is 18.8. The maximum Gasteiger partial charge on any atom is 0.308 e. The van der Waals surface area contributed by atoms with Gasteiger partial charge in [0, 0.05) is 12.8 Å². The molecule has 1 aliphatic heterocycles. The van der Waals surface area contributed by atoms with E-state index >= 15 is 0 Å². The van der Waals surface area contributed by atoms with Crippen LogP contribution in [0.3, 0.4) is 0 Å². The van der Waals surface area contributed by atoms with Crippen molar-refractivity contribution in [3.8, 4) is 0 Å². The van der Waals surface area contributed by atoms with Gasteiger partial charge in [0.2, 0.25) is 5.79 Å².